The maximum atomic E-state index is 12.5. The minimum Gasteiger partial charge on any atom is -0.490 e. The lowest BCUT2D eigenvalue weighted by atomic mass is 10.0. The van der Waals surface area contributed by atoms with E-state index in [2.05, 4.69) is 26.5 Å². The number of nitrogens with zero attached hydrogens (tertiary/aromatic N) is 1. The molecule has 4 aromatic carbocycles. The fourth-order valence-electron chi connectivity index (χ4n) is 3.61. The maximum Gasteiger partial charge on any atom is 0.244 e. The summed E-state index contributed by atoms with van der Waals surface area (Å²) in [6, 6.07) is 25.1. The molecule has 0 spiro atoms. The molecule has 0 aliphatic heterocycles. The predicted molar refractivity (Wildman–Crippen MR) is 144 cm³/mol. The molecule has 0 heterocycles. The number of hydrogen-bond donors (Lipinski definition) is 1. The van der Waals surface area contributed by atoms with Gasteiger partial charge < -0.3 is 9.47 Å². The Kier molecular flexibility index (Phi) is 8.40. The van der Waals surface area contributed by atoms with Crippen molar-refractivity contribution >= 4 is 50.4 Å². The number of carbonyl (C=O) groups excluding carboxylic acids is 1. The molecular weight excluding hydrogens is 528 g/mol. The summed E-state index contributed by atoms with van der Waals surface area (Å²) in [5.41, 5.74) is 5.31. The lowest BCUT2D eigenvalue weighted by Crippen LogP contribution is -2.20. The number of benzene rings is 4. The Morgan fingerprint density at radius 2 is 1.74 bits per heavy atom. The molecule has 0 saturated carbocycles. The summed E-state index contributed by atoms with van der Waals surface area (Å²) < 4.78 is 12.5. The summed E-state index contributed by atoms with van der Waals surface area (Å²) in [7, 11) is 0. The Bertz CT molecular complexity index is 1350. The van der Waals surface area contributed by atoms with E-state index in [0.29, 0.717) is 29.7 Å². The fourth-order valence-corrected chi connectivity index (χ4v) is 4.16. The monoisotopic (exact) mass is 550 g/mol. The second kappa shape index (κ2) is 11.9. The molecule has 1 amide bonds. The van der Waals surface area contributed by atoms with Gasteiger partial charge >= 0.3 is 0 Å². The van der Waals surface area contributed by atoms with Gasteiger partial charge in [-0.05, 0) is 69.0 Å². The van der Waals surface area contributed by atoms with Crippen molar-refractivity contribution < 1.29 is 14.3 Å². The van der Waals surface area contributed by atoms with E-state index in [4.69, 9.17) is 21.1 Å². The third-order valence-electron chi connectivity index (χ3n) is 5.29. The van der Waals surface area contributed by atoms with E-state index in [-0.39, 0.29) is 12.3 Å². The van der Waals surface area contributed by atoms with Gasteiger partial charge in [0.1, 0.15) is 6.61 Å². The highest BCUT2D eigenvalue weighted by atomic mass is 79.9. The van der Waals surface area contributed by atoms with E-state index in [1.807, 2.05) is 85.8 Å². The zero-order valence-electron chi connectivity index (χ0n) is 19.1. The number of carbonyl (C=O) groups is 1. The highest BCUT2D eigenvalue weighted by Crippen LogP contribution is 2.34. The van der Waals surface area contributed by atoms with Crippen LogP contribution in [0.25, 0.3) is 10.8 Å². The standard InChI is InChI=1S/C28H24BrClN2O3/c1-2-34-26-14-22(25(29)16-27(26)35-18-19-10-12-23(30)13-11-19)17-31-32-28(33)15-21-8-5-7-20-6-3-4-9-24(20)21/h3-14,16-17H,2,15,18H2,1H3,(H,32,33)/b31-17-. The lowest BCUT2D eigenvalue weighted by molar-refractivity contribution is -0.120. The number of amides is 1. The number of hydrazone groups is 1. The minimum absolute atomic E-state index is 0.193. The number of nitrogens with one attached hydrogen (secondary N) is 1. The zero-order chi connectivity index (χ0) is 24.6. The quantitative estimate of drug-likeness (QED) is 0.181. The van der Waals surface area contributed by atoms with Crippen LogP contribution in [-0.2, 0) is 17.8 Å². The molecule has 0 saturated heterocycles. The second-order valence-corrected chi connectivity index (χ2v) is 9.07. The Hall–Kier alpha value is -3.35. The van der Waals surface area contributed by atoms with Crippen LogP contribution in [0.3, 0.4) is 0 Å². The van der Waals surface area contributed by atoms with Crippen LogP contribution >= 0.6 is 27.5 Å². The smallest absolute Gasteiger partial charge is 0.244 e. The van der Waals surface area contributed by atoms with Gasteiger partial charge in [-0.1, -0.05) is 66.2 Å². The Morgan fingerprint density at radius 3 is 2.54 bits per heavy atom. The number of hydrogen-bond acceptors (Lipinski definition) is 4. The molecular formula is C28H24BrClN2O3. The average molecular weight is 552 g/mol. The van der Waals surface area contributed by atoms with Crippen LogP contribution in [0.4, 0.5) is 0 Å². The van der Waals surface area contributed by atoms with Crippen LogP contribution < -0.4 is 14.9 Å². The van der Waals surface area contributed by atoms with Crippen LogP contribution in [0.1, 0.15) is 23.6 Å². The van der Waals surface area contributed by atoms with Crippen molar-refractivity contribution in [2.24, 2.45) is 5.10 Å². The van der Waals surface area contributed by atoms with Crippen molar-refractivity contribution in [2.45, 2.75) is 20.0 Å². The van der Waals surface area contributed by atoms with Gasteiger partial charge in [0.15, 0.2) is 11.5 Å². The van der Waals surface area contributed by atoms with Crippen molar-refractivity contribution in [3.05, 3.63) is 105 Å². The summed E-state index contributed by atoms with van der Waals surface area (Å²) in [5.74, 6) is 1.00. The molecule has 0 atom stereocenters. The number of fused-ring (bicyclic) bond motifs is 1. The summed E-state index contributed by atoms with van der Waals surface area (Å²) >= 11 is 9.51. The van der Waals surface area contributed by atoms with Crippen LogP contribution in [-0.4, -0.2) is 18.7 Å². The van der Waals surface area contributed by atoms with Crippen molar-refractivity contribution in [3.63, 3.8) is 0 Å². The van der Waals surface area contributed by atoms with Gasteiger partial charge in [-0.25, -0.2) is 5.43 Å². The first kappa shape index (κ1) is 24.8. The predicted octanol–water partition coefficient (Wildman–Crippen LogP) is 6.93. The molecule has 0 aliphatic carbocycles. The molecule has 4 aromatic rings. The molecule has 0 aliphatic rings. The molecule has 5 nitrogen and oxygen atoms in total. The maximum absolute atomic E-state index is 12.5. The number of halogens is 2. The van der Waals surface area contributed by atoms with Gasteiger partial charge in [0.05, 0.1) is 19.2 Å². The van der Waals surface area contributed by atoms with Crippen molar-refractivity contribution in [1.82, 2.24) is 5.43 Å². The first-order chi connectivity index (χ1) is 17.0. The van der Waals surface area contributed by atoms with Crippen molar-refractivity contribution in [3.8, 4) is 11.5 Å². The van der Waals surface area contributed by atoms with Gasteiger partial charge in [-0.15, -0.1) is 0 Å². The summed E-state index contributed by atoms with van der Waals surface area (Å²) in [5, 5.41) is 6.99. The Labute approximate surface area is 217 Å². The van der Waals surface area contributed by atoms with Crippen LogP contribution in [0.2, 0.25) is 5.02 Å². The SMILES string of the molecule is CCOc1cc(/C=N\NC(=O)Cc2cccc3ccccc23)c(Br)cc1OCc1ccc(Cl)cc1. The Balaban J connectivity index is 1.43. The number of ether oxygens (including phenoxy) is 2. The first-order valence-corrected chi connectivity index (χ1v) is 12.3. The molecule has 35 heavy (non-hydrogen) atoms. The van der Waals surface area contributed by atoms with Gasteiger partial charge in [-0.3, -0.25) is 4.79 Å². The molecule has 0 aromatic heterocycles. The first-order valence-electron chi connectivity index (χ1n) is 11.2. The summed E-state index contributed by atoms with van der Waals surface area (Å²) in [4.78, 5) is 12.5. The highest BCUT2D eigenvalue weighted by Gasteiger charge is 2.11. The van der Waals surface area contributed by atoms with E-state index in [9.17, 15) is 4.79 Å². The Morgan fingerprint density at radius 1 is 1.00 bits per heavy atom. The van der Waals surface area contributed by atoms with E-state index in [1.165, 1.54) is 0 Å². The van der Waals surface area contributed by atoms with Crippen molar-refractivity contribution in [1.29, 1.82) is 0 Å². The third kappa shape index (κ3) is 6.62. The third-order valence-corrected chi connectivity index (χ3v) is 6.23. The number of rotatable bonds is 9. The zero-order valence-corrected chi connectivity index (χ0v) is 21.5. The molecule has 4 rings (SSSR count). The average Bonchev–Trinajstić information content (AvgIpc) is 2.86. The highest BCUT2D eigenvalue weighted by molar-refractivity contribution is 9.10. The molecule has 178 valence electrons. The van der Waals surface area contributed by atoms with Crippen LogP contribution in [0.5, 0.6) is 11.5 Å². The molecule has 0 fully saturated rings. The lowest BCUT2D eigenvalue weighted by Gasteiger charge is -2.14. The van der Waals surface area contributed by atoms with Gasteiger partial charge in [0.2, 0.25) is 5.91 Å². The summed E-state index contributed by atoms with van der Waals surface area (Å²) in [6.07, 6.45) is 1.82. The van der Waals surface area contributed by atoms with Crippen LogP contribution in [0.15, 0.2) is 88.4 Å². The van der Waals surface area contributed by atoms with Crippen LogP contribution in [0, 0.1) is 0 Å². The van der Waals surface area contributed by atoms with Gasteiger partial charge in [-0.2, -0.15) is 5.10 Å². The van der Waals surface area contributed by atoms with E-state index < -0.39 is 0 Å². The largest absolute Gasteiger partial charge is 0.490 e. The molecule has 7 heteroatoms. The fraction of sp³-hybridized carbons (Fsp3) is 0.143. The van der Waals surface area contributed by atoms with Gasteiger partial charge in [0.25, 0.3) is 0 Å². The second-order valence-electron chi connectivity index (χ2n) is 7.78. The molecule has 0 radical (unpaired) electrons. The normalized spacial score (nSPS) is 11.1. The van der Waals surface area contributed by atoms with Gasteiger partial charge in [0, 0.05) is 15.1 Å². The van der Waals surface area contributed by atoms with E-state index in [0.717, 1.165) is 31.9 Å². The summed E-state index contributed by atoms with van der Waals surface area (Å²) in [6.45, 7) is 2.77. The van der Waals surface area contributed by atoms with E-state index in [1.54, 1.807) is 6.21 Å². The molecule has 0 unspecified atom stereocenters. The molecule has 1 N–H and O–H groups in total. The van der Waals surface area contributed by atoms with E-state index >= 15 is 0 Å². The topological polar surface area (TPSA) is 59.9 Å². The minimum atomic E-state index is -0.193. The molecule has 0 bridgehead atoms. The van der Waals surface area contributed by atoms with Crippen molar-refractivity contribution in [2.75, 3.05) is 6.61 Å².